The van der Waals surface area contributed by atoms with Crippen LogP contribution >= 0.6 is 0 Å². The molecule has 0 unspecified atom stereocenters. The zero-order valence-corrected chi connectivity index (χ0v) is 6.38. The number of hydrogen-bond acceptors (Lipinski definition) is 3. The minimum absolute atomic E-state index is 0.146. The van der Waals surface area contributed by atoms with Gasteiger partial charge in [0.15, 0.2) is 5.79 Å². The Morgan fingerprint density at radius 2 is 2.09 bits per heavy atom. The first-order chi connectivity index (χ1) is 5.35. The molecule has 0 amide bonds. The van der Waals surface area contributed by atoms with Crippen LogP contribution in [-0.4, -0.2) is 19.0 Å². The molecule has 1 spiro atoms. The van der Waals surface area contributed by atoms with Gasteiger partial charge in [0.1, 0.15) is 0 Å². The molecular weight excluding hydrogens is 142 g/mol. The molecule has 1 aliphatic carbocycles. The molecule has 0 aromatic rings. The molecule has 0 aromatic heterocycles. The van der Waals surface area contributed by atoms with Gasteiger partial charge >= 0.3 is 0 Å². The van der Waals surface area contributed by atoms with Gasteiger partial charge in [0, 0.05) is 12.8 Å². The van der Waals surface area contributed by atoms with Crippen LogP contribution in [0.2, 0.25) is 0 Å². The Labute approximate surface area is 65.9 Å². The first kappa shape index (κ1) is 7.08. The maximum Gasteiger partial charge on any atom is 0.169 e. The quantitative estimate of drug-likeness (QED) is 0.522. The van der Waals surface area contributed by atoms with E-state index >= 15 is 0 Å². The number of nitrogens with zero attached hydrogens (tertiary/aromatic N) is 1. The van der Waals surface area contributed by atoms with Crippen LogP contribution in [0.5, 0.6) is 0 Å². The highest BCUT2D eigenvalue weighted by Gasteiger charge is 2.43. The van der Waals surface area contributed by atoms with Gasteiger partial charge in [0.25, 0.3) is 0 Å². The lowest BCUT2D eigenvalue weighted by atomic mass is 10.1. The van der Waals surface area contributed by atoms with Crippen molar-refractivity contribution in [1.82, 2.24) is 0 Å². The molecule has 0 N–H and O–H groups in total. The lowest BCUT2D eigenvalue weighted by molar-refractivity contribution is -0.151. The van der Waals surface area contributed by atoms with E-state index in [0.29, 0.717) is 13.2 Å². The van der Waals surface area contributed by atoms with Gasteiger partial charge in [-0.3, -0.25) is 0 Å². The van der Waals surface area contributed by atoms with E-state index in [4.69, 9.17) is 14.7 Å². The van der Waals surface area contributed by atoms with Gasteiger partial charge in [-0.05, 0) is 6.42 Å². The Balaban J connectivity index is 2.03. The highest BCUT2D eigenvalue weighted by molar-refractivity contribution is 4.95. The maximum absolute atomic E-state index is 8.65. The van der Waals surface area contributed by atoms with Gasteiger partial charge in [-0.25, -0.2) is 0 Å². The first-order valence-electron chi connectivity index (χ1n) is 4.02. The third-order valence-electron chi connectivity index (χ3n) is 2.43. The summed E-state index contributed by atoms with van der Waals surface area (Å²) in [5.74, 6) is -0.214. The number of ether oxygens (including phenoxy) is 2. The number of hydrogen-bond donors (Lipinski definition) is 0. The molecule has 3 nitrogen and oxygen atoms in total. The zero-order chi connectivity index (χ0) is 7.73. The van der Waals surface area contributed by atoms with Crippen molar-refractivity contribution in [3.63, 3.8) is 0 Å². The third kappa shape index (κ3) is 1.13. The Kier molecular flexibility index (Phi) is 1.59. The van der Waals surface area contributed by atoms with E-state index < -0.39 is 0 Å². The molecule has 1 heterocycles. The summed E-state index contributed by atoms with van der Waals surface area (Å²) in [5, 5.41) is 8.65. The summed E-state index contributed by atoms with van der Waals surface area (Å²) in [6.07, 6.45) is 2.59. The maximum atomic E-state index is 8.65. The molecule has 3 heteroatoms. The minimum Gasteiger partial charge on any atom is -0.347 e. The fourth-order valence-corrected chi connectivity index (χ4v) is 1.84. The molecule has 2 aliphatic rings. The van der Waals surface area contributed by atoms with Gasteiger partial charge < -0.3 is 9.47 Å². The Hall–Kier alpha value is -0.590. The van der Waals surface area contributed by atoms with Crippen LogP contribution in [-0.2, 0) is 9.47 Å². The van der Waals surface area contributed by atoms with E-state index in [1.807, 2.05) is 0 Å². The number of nitriles is 1. The number of rotatable bonds is 0. The summed E-state index contributed by atoms with van der Waals surface area (Å²) in [7, 11) is 0. The lowest BCUT2D eigenvalue weighted by Crippen LogP contribution is -2.25. The largest absolute Gasteiger partial charge is 0.347 e. The molecular formula is C8H11NO2. The topological polar surface area (TPSA) is 42.2 Å². The Morgan fingerprint density at radius 3 is 2.64 bits per heavy atom. The molecule has 2 rings (SSSR count). The van der Waals surface area contributed by atoms with Crippen molar-refractivity contribution in [3.8, 4) is 6.07 Å². The van der Waals surface area contributed by atoms with Crippen LogP contribution < -0.4 is 0 Å². The smallest absolute Gasteiger partial charge is 0.169 e. The molecule has 1 aliphatic heterocycles. The minimum atomic E-state index is -0.361. The second-order valence-corrected chi connectivity index (χ2v) is 3.18. The molecule has 2 fully saturated rings. The summed E-state index contributed by atoms with van der Waals surface area (Å²) in [5.41, 5.74) is 0. The molecule has 60 valence electrons. The van der Waals surface area contributed by atoms with E-state index in [9.17, 15) is 0 Å². The van der Waals surface area contributed by atoms with Crippen molar-refractivity contribution in [3.05, 3.63) is 0 Å². The lowest BCUT2D eigenvalue weighted by Gasteiger charge is -2.20. The SMILES string of the molecule is N#C[C@H]1CCC2(C1)OCCO2. The van der Waals surface area contributed by atoms with Crippen LogP contribution in [0.3, 0.4) is 0 Å². The van der Waals surface area contributed by atoms with E-state index in [-0.39, 0.29) is 11.7 Å². The summed E-state index contributed by atoms with van der Waals surface area (Å²) >= 11 is 0. The molecule has 11 heavy (non-hydrogen) atoms. The van der Waals surface area contributed by atoms with Gasteiger partial charge in [-0.2, -0.15) is 5.26 Å². The molecule has 0 bridgehead atoms. The van der Waals surface area contributed by atoms with E-state index in [1.54, 1.807) is 0 Å². The van der Waals surface area contributed by atoms with Gasteiger partial charge in [0.05, 0.1) is 25.2 Å². The van der Waals surface area contributed by atoms with Crippen LogP contribution in [0.15, 0.2) is 0 Å². The van der Waals surface area contributed by atoms with Crippen LogP contribution in [0.25, 0.3) is 0 Å². The van der Waals surface area contributed by atoms with Crippen LogP contribution in [0.1, 0.15) is 19.3 Å². The van der Waals surface area contributed by atoms with E-state index in [1.165, 1.54) is 0 Å². The zero-order valence-electron chi connectivity index (χ0n) is 6.38. The normalized spacial score (nSPS) is 34.3. The molecule has 1 saturated heterocycles. The van der Waals surface area contributed by atoms with Crippen molar-refractivity contribution in [2.24, 2.45) is 5.92 Å². The van der Waals surface area contributed by atoms with Crippen molar-refractivity contribution in [2.45, 2.75) is 25.0 Å². The predicted molar refractivity (Wildman–Crippen MR) is 37.6 cm³/mol. The van der Waals surface area contributed by atoms with Crippen molar-refractivity contribution in [1.29, 1.82) is 5.26 Å². The van der Waals surface area contributed by atoms with Crippen LogP contribution in [0.4, 0.5) is 0 Å². The van der Waals surface area contributed by atoms with Crippen LogP contribution in [0, 0.1) is 17.2 Å². The fourth-order valence-electron chi connectivity index (χ4n) is 1.84. The van der Waals surface area contributed by atoms with E-state index in [2.05, 4.69) is 6.07 Å². The summed E-state index contributed by atoms with van der Waals surface area (Å²) in [4.78, 5) is 0. The Morgan fingerprint density at radius 1 is 1.36 bits per heavy atom. The predicted octanol–water partition coefficient (Wildman–Crippen LogP) is 1.05. The molecule has 1 atom stereocenters. The average molecular weight is 153 g/mol. The first-order valence-corrected chi connectivity index (χ1v) is 4.02. The average Bonchev–Trinajstić information content (AvgIpc) is 2.62. The highest BCUT2D eigenvalue weighted by atomic mass is 16.7. The summed E-state index contributed by atoms with van der Waals surface area (Å²) in [6, 6.07) is 2.26. The van der Waals surface area contributed by atoms with Gasteiger partial charge in [0.2, 0.25) is 0 Å². The van der Waals surface area contributed by atoms with Crippen molar-refractivity contribution >= 4 is 0 Å². The third-order valence-corrected chi connectivity index (χ3v) is 2.43. The summed E-state index contributed by atoms with van der Waals surface area (Å²) < 4.78 is 10.9. The highest BCUT2D eigenvalue weighted by Crippen LogP contribution is 2.40. The molecule has 0 radical (unpaired) electrons. The van der Waals surface area contributed by atoms with Crippen molar-refractivity contribution < 1.29 is 9.47 Å². The Bertz CT molecular complexity index is 191. The van der Waals surface area contributed by atoms with Gasteiger partial charge in [-0.1, -0.05) is 0 Å². The molecule has 0 aromatic carbocycles. The summed E-state index contributed by atoms with van der Waals surface area (Å²) in [6.45, 7) is 1.39. The fraction of sp³-hybridized carbons (Fsp3) is 0.875. The monoisotopic (exact) mass is 153 g/mol. The second-order valence-electron chi connectivity index (χ2n) is 3.18. The van der Waals surface area contributed by atoms with E-state index in [0.717, 1.165) is 19.3 Å². The van der Waals surface area contributed by atoms with Crippen molar-refractivity contribution in [2.75, 3.05) is 13.2 Å². The molecule has 1 saturated carbocycles. The standard InChI is InChI=1S/C8H11NO2/c9-6-7-1-2-8(5-7)10-3-4-11-8/h7H,1-5H2/t7-/m0/s1. The van der Waals surface area contributed by atoms with Gasteiger partial charge in [-0.15, -0.1) is 0 Å². The second kappa shape index (κ2) is 2.47.